The van der Waals surface area contributed by atoms with E-state index in [1.165, 1.54) is 56.2 Å². The zero-order valence-corrected chi connectivity index (χ0v) is 15.8. The fraction of sp³-hybridized carbons (Fsp3) is 0.565. The SMILES string of the molecule is C=CCCC1CCC(C2CC=C(c3ccc(OC(F)(F)F)cc3)CC2)CC1. The van der Waals surface area contributed by atoms with Gasteiger partial charge in [-0.3, -0.25) is 0 Å². The lowest BCUT2D eigenvalue weighted by atomic mass is 9.70. The quantitative estimate of drug-likeness (QED) is 0.465. The van der Waals surface area contributed by atoms with Crippen molar-refractivity contribution < 1.29 is 17.9 Å². The molecule has 1 nitrogen and oxygen atoms in total. The smallest absolute Gasteiger partial charge is 0.406 e. The van der Waals surface area contributed by atoms with E-state index in [2.05, 4.69) is 17.4 Å². The summed E-state index contributed by atoms with van der Waals surface area (Å²) < 4.78 is 40.7. The van der Waals surface area contributed by atoms with Crippen molar-refractivity contribution in [2.75, 3.05) is 0 Å². The average molecular weight is 378 g/mol. The predicted octanol–water partition coefficient (Wildman–Crippen LogP) is 7.54. The van der Waals surface area contributed by atoms with E-state index in [9.17, 15) is 13.2 Å². The number of hydrogen-bond acceptors (Lipinski definition) is 1. The molecule has 2 aliphatic carbocycles. The van der Waals surface area contributed by atoms with Crippen LogP contribution in [-0.2, 0) is 0 Å². The largest absolute Gasteiger partial charge is 0.573 e. The molecule has 0 radical (unpaired) electrons. The van der Waals surface area contributed by atoms with Gasteiger partial charge in [0, 0.05) is 0 Å². The van der Waals surface area contributed by atoms with Gasteiger partial charge in [0.1, 0.15) is 5.75 Å². The first kappa shape index (κ1) is 20.0. The van der Waals surface area contributed by atoms with Gasteiger partial charge in [-0.05, 0) is 86.0 Å². The molecule has 1 saturated carbocycles. The van der Waals surface area contributed by atoms with E-state index in [1.807, 2.05) is 6.08 Å². The van der Waals surface area contributed by atoms with Crippen molar-refractivity contribution in [3.63, 3.8) is 0 Å². The Morgan fingerprint density at radius 2 is 1.70 bits per heavy atom. The van der Waals surface area contributed by atoms with Crippen LogP contribution in [0.4, 0.5) is 13.2 Å². The molecule has 27 heavy (non-hydrogen) atoms. The number of halogens is 3. The minimum Gasteiger partial charge on any atom is -0.406 e. The first-order valence-electron chi connectivity index (χ1n) is 10.1. The molecule has 1 atom stereocenters. The number of ether oxygens (including phenoxy) is 1. The summed E-state index contributed by atoms with van der Waals surface area (Å²) in [5.74, 6) is 2.33. The molecule has 1 fully saturated rings. The maximum Gasteiger partial charge on any atom is 0.573 e. The van der Waals surface area contributed by atoms with Crippen molar-refractivity contribution in [2.24, 2.45) is 17.8 Å². The lowest BCUT2D eigenvalue weighted by Gasteiger charge is -2.35. The molecule has 1 aromatic rings. The minimum absolute atomic E-state index is 0.159. The first-order valence-corrected chi connectivity index (χ1v) is 10.1. The van der Waals surface area contributed by atoms with E-state index < -0.39 is 6.36 Å². The maximum absolute atomic E-state index is 12.3. The Bertz CT molecular complexity index is 637. The van der Waals surface area contributed by atoms with E-state index in [0.29, 0.717) is 0 Å². The lowest BCUT2D eigenvalue weighted by molar-refractivity contribution is -0.274. The lowest BCUT2D eigenvalue weighted by Crippen LogP contribution is -2.23. The van der Waals surface area contributed by atoms with Gasteiger partial charge in [0.05, 0.1) is 0 Å². The van der Waals surface area contributed by atoms with Crippen LogP contribution in [0.1, 0.15) is 63.4 Å². The van der Waals surface area contributed by atoms with Gasteiger partial charge in [-0.25, -0.2) is 0 Å². The third-order valence-corrected chi connectivity index (χ3v) is 6.25. The number of alkyl halides is 3. The van der Waals surface area contributed by atoms with Crippen LogP contribution in [0, 0.1) is 17.8 Å². The molecule has 0 aromatic heterocycles. The molecule has 0 N–H and O–H groups in total. The third kappa shape index (κ3) is 5.88. The molecule has 0 heterocycles. The minimum atomic E-state index is -4.64. The highest BCUT2D eigenvalue weighted by atomic mass is 19.4. The Labute approximate surface area is 160 Å². The molecule has 148 valence electrons. The Hall–Kier alpha value is -1.71. The van der Waals surface area contributed by atoms with Gasteiger partial charge in [-0.15, -0.1) is 19.8 Å². The number of allylic oxidation sites excluding steroid dienone is 3. The van der Waals surface area contributed by atoms with Crippen molar-refractivity contribution in [3.05, 3.63) is 48.6 Å². The standard InChI is InChI=1S/C23H29F3O/c1-2-3-4-17-5-7-18(8-6-17)19-9-11-20(12-10-19)21-13-15-22(16-14-21)27-23(24,25)26/h2,11,13-19H,1,3-10,12H2. The normalized spacial score (nSPS) is 26.3. The van der Waals surface area contributed by atoms with Crippen LogP contribution in [0.15, 0.2) is 43.0 Å². The molecule has 0 spiro atoms. The van der Waals surface area contributed by atoms with Crippen LogP contribution >= 0.6 is 0 Å². The fourth-order valence-electron chi connectivity index (χ4n) is 4.72. The second-order valence-electron chi connectivity index (χ2n) is 7.98. The Morgan fingerprint density at radius 3 is 2.26 bits per heavy atom. The van der Waals surface area contributed by atoms with Crippen molar-refractivity contribution in [2.45, 2.75) is 64.1 Å². The summed E-state index contributed by atoms with van der Waals surface area (Å²) in [5.41, 5.74) is 2.26. The van der Waals surface area contributed by atoms with Crippen molar-refractivity contribution in [1.29, 1.82) is 0 Å². The van der Waals surface area contributed by atoms with Crippen LogP contribution in [0.25, 0.3) is 5.57 Å². The molecule has 2 aliphatic rings. The third-order valence-electron chi connectivity index (χ3n) is 6.25. The number of hydrogen-bond donors (Lipinski definition) is 0. The number of benzene rings is 1. The van der Waals surface area contributed by atoms with Gasteiger partial charge in [0.15, 0.2) is 0 Å². The van der Waals surface area contributed by atoms with E-state index in [1.54, 1.807) is 12.1 Å². The van der Waals surface area contributed by atoms with Crippen LogP contribution in [0.2, 0.25) is 0 Å². The summed E-state index contributed by atoms with van der Waals surface area (Å²) in [7, 11) is 0. The second-order valence-corrected chi connectivity index (χ2v) is 7.98. The Balaban J connectivity index is 1.51. The van der Waals surface area contributed by atoms with E-state index in [-0.39, 0.29) is 5.75 Å². The second kappa shape index (κ2) is 8.99. The summed E-state index contributed by atoms with van der Waals surface area (Å²) in [6, 6.07) is 6.27. The monoisotopic (exact) mass is 378 g/mol. The summed E-state index contributed by atoms with van der Waals surface area (Å²) >= 11 is 0. The highest BCUT2D eigenvalue weighted by Crippen LogP contribution is 2.42. The van der Waals surface area contributed by atoms with E-state index >= 15 is 0 Å². The van der Waals surface area contributed by atoms with Gasteiger partial charge in [-0.2, -0.15) is 0 Å². The Kier molecular flexibility index (Phi) is 6.67. The van der Waals surface area contributed by atoms with Crippen LogP contribution in [0.5, 0.6) is 5.75 Å². The van der Waals surface area contributed by atoms with Gasteiger partial charge < -0.3 is 4.74 Å². The molecular formula is C23H29F3O. The first-order chi connectivity index (χ1) is 12.9. The molecule has 1 aromatic carbocycles. The molecule has 3 rings (SSSR count). The van der Waals surface area contributed by atoms with E-state index in [4.69, 9.17) is 0 Å². The van der Waals surface area contributed by atoms with Crippen molar-refractivity contribution >= 4 is 5.57 Å². The predicted molar refractivity (Wildman–Crippen MR) is 103 cm³/mol. The van der Waals surface area contributed by atoms with Crippen molar-refractivity contribution in [3.8, 4) is 5.75 Å². The summed E-state index contributed by atoms with van der Waals surface area (Å²) in [4.78, 5) is 0. The molecule has 0 bridgehead atoms. The molecular weight excluding hydrogens is 349 g/mol. The summed E-state index contributed by atoms with van der Waals surface area (Å²) in [6.07, 6.45) is 10.8. The Morgan fingerprint density at radius 1 is 1.00 bits per heavy atom. The van der Waals surface area contributed by atoms with Gasteiger partial charge in [0.25, 0.3) is 0 Å². The highest BCUT2D eigenvalue weighted by molar-refractivity contribution is 5.66. The molecule has 0 amide bonds. The van der Waals surface area contributed by atoms with E-state index in [0.717, 1.165) is 42.6 Å². The molecule has 0 aliphatic heterocycles. The van der Waals surface area contributed by atoms with Crippen LogP contribution in [0.3, 0.4) is 0 Å². The molecule has 0 saturated heterocycles. The highest BCUT2D eigenvalue weighted by Gasteiger charge is 2.31. The fourth-order valence-corrected chi connectivity index (χ4v) is 4.72. The maximum atomic E-state index is 12.3. The zero-order valence-electron chi connectivity index (χ0n) is 15.8. The summed E-state index contributed by atoms with van der Waals surface area (Å²) in [6.45, 7) is 3.82. The van der Waals surface area contributed by atoms with Gasteiger partial charge >= 0.3 is 6.36 Å². The van der Waals surface area contributed by atoms with Crippen molar-refractivity contribution in [1.82, 2.24) is 0 Å². The van der Waals surface area contributed by atoms with Crippen LogP contribution in [-0.4, -0.2) is 6.36 Å². The molecule has 1 unspecified atom stereocenters. The van der Waals surface area contributed by atoms with Gasteiger partial charge in [-0.1, -0.05) is 37.1 Å². The molecule has 4 heteroatoms. The van der Waals surface area contributed by atoms with Crippen LogP contribution < -0.4 is 4.74 Å². The average Bonchev–Trinajstić information content (AvgIpc) is 2.66. The zero-order chi connectivity index (χ0) is 19.3. The number of rotatable bonds is 6. The van der Waals surface area contributed by atoms with Gasteiger partial charge in [0.2, 0.25) is 0 Å². The summed E-state index contributed by atoms with van der Waals surface area (Å²) in [5, 5.41) is 0. The topological polar surface area (TPSA) is 9.23 Å².